The largest absolute Gasteiger partial charge is 0.460 e. The van der Waals surface area contributed by atoms with Crippen LogP contribution in [0.5, 0.6) is 0 Å². The van der Waals surface area contributed by atoms with Gasteiger partial charge in [-0.15, -0.1) is 0 Å². The van der Waals surface area contributed by atoms with Gasteiger partial charge >= 0.3 is 12.1 Å². The van der Waals surface area contributed by atoms with Crippen molar-refractivity contribution in [1.29, 1.82) is 0 Å². The van der Waals surface area contributed by atoms with Crippen molar-refractivity contribution in [2.45, 2.75) is 63.4 Å². The molecule has 0 spiro atoms. The van der Waals surface area contributed by atoms with E-state index in [2.05, 4.69) is 20.9 Å². The Morgan fingerprint density at radius 2 is 1.63 bits per heavy atom. The van der Waals surface area contributed by atoms with Crippen LogP contribution in [0.4, 0.5) is 10.5 Å². The molecule has 16 nitrogen and oxygen atoms in total. The highest BCUT2D eigenvalue weighted by Gasteiger charge is 2.38. The summed E-state index contributed by atoms with van der Waals surface area (Å²) in [6.45, 7) is 0.0180. The predicted molar refractivity (Wildman–Crippen MR) is 196 cm³/mol. The summed E-state index contributed by atoms with van der Waals surface area (Å²) in [6, 6.07) is 19.4. The van der Waals surface area contributed by atoms with Crippen LogP contribution in [0.25, 0.3) is 10.9 Å². The first kappa shape index (κ1) is 38.9. The molecule has 284 valence electrons. The molecule has 4 amide bonds. The molecule has 0 saturated carbocycles. The lowest BCUT2D eigenvalue weighted by Crippen LogP contribution is -2.56. The first-order chi connectivity index (χ1) is 26.1. The topological polar surface area (TPSA) is 228 Å². The molecule has 1 fully saturated rings. The van der Waals surface area contributed by atoms with Gasteiger partial charge in [-0.3, -0.25) is 29.3 Å². The average Bonchev–Trinajstić information content (AvgIpc) is 3.85. The minimum atomic E-state index is -1.06. The number of esters is 1. The monoisotopic (exact) mass is 741 g/mol. The number of non-ortho nitro benzene ring substituents is 1. The lowest BCUT2D eigenvalue weighted by atomic mass is 10.0. The van der Waals surface area contributed by atoms with Crippen LogP contribution in [0.15, 0.2) is 85.1 Å². The number of carbonyl (C=O) groups excluding carboxylic acids is 5. The molecule has 6 N–H and O–H groups in total. The Hall–Kier alpha value is -6.29. The summed E-state index contributed by atoms with van der Waals surface area (Å²) in [7, 11) is 0. The molecule has 3 aromatic carbocycles. The number of fused-ring (bicyclic) bond motifs is 1. The molecular weight excluding hydrogens is 698 g/mol. The van der Waals surface area contributed by atoms with Gasteiger partial charge in [0, 0.05) is 48.7 Å². The number of nitrogens with one attached hydrogen (secondary N) is 4. The zero-order valence-corrected chi connectivity index (χ0v) is 29.5. The van der Waals surface area contributed by atoms with Gasteiger partial charge in [-0.25, -0.2) is 4.79 Å². The third-order valence-corrected chi connectivity index (χ3v) is 9.02. The first-order valence-corrected chi connectivity index (χ1v) is 17.6. The number of alkyl carbamates (subject to hydrolysis) is 1. The van der Waals surface area contributed by atoms with Crippen molar-refractivity contribution in [2.24, 2.45) is 5.73 Å². The van der Waals surface area contributed by atoms with E-state index in [-0.39, 0.29) is 44.8 Å². The van der Waals surface area contributed by atoms with E-state index >= 15 is 0 Å². The summed E-state index contributed by atoms with van der Waals surface area (Å²) >= 11 is 0. The Balaban J connectivity index is 1.15. The van der Waals surface area contributed by atoms with Crippen LogP contribution in [-0.4, -0.2) is 82.4 Å². The fraction of sp³-hybridized carbons (Fsp3) is 0.342. The summed E-state index contributed by atoms with van der Waals surface area (Å²) in [5.74, 6) is -2.30. The van der Waals surface area contributed by atoms with Gasteiger partial charge in [-0.2, -0.15) is 0 Å². The van der Waals surface area contributed by atoms with Crippen LogP contribution in [0.2, 0.25) is 0 Å². The highest BCUT2D eigenvalue weighted by molar-refractivity contribution is 5.95. The van der Waals surface area contributed by atoms with E-state index < -0.39 is 59.4 Å². The molecule has 4 aromatic rings. The molecule has 1 aromatic heterocycles. The Kier molecular flexibility index (Phi) is 13.7. The number of amides is 4. The van der Waals surface area contributed by atoms with E-state index in [0.29, 0.717) is 24.8 Å². The van der Waals surface area contributed by atoms with E-state index in [4.69, 9.17) is 15.2 Å². The van der Waals surface area contributed by atoms with Crippen LogP contribution in [0.1, 0.15) is 42.4 Å². The second kappa shape index (κ2) is 19.0. The maximum Gasteiger partial charge on any atom is 0.407 e. The number of rotatable bonds is 17. The van der Waals surface area contributed by atoms with Crippen LogP contribution in [0.3, 0.4) is 0 Å². The number of aromatic amines is 1. The zero-order chi connectivity index (χ0) is 38.5. The van der Waals surface area contributed by atoms with Crippen molar-refractivity contribution in [1.82, 2.24) is 25.8 Å². The van der Waals surface area contributed by atoms with E-state index in [9.17, 15) is 34.1 Å². The molecule has 54 heavy (non-hydrogen) atoms. The van der Waals surface area contributed by atoms with Gasteiger partial charge in [0.25, 0.3) is 5.69 Å². The molecule has 1 saturated heterocycles. The molecule has 2 heterocycles. The number of nitro benzene ring substituents is 1. The molecule has 1 aliphatic heterocycles. The van der Waals surface area contributed by atoms with Gasteiger partial charge in [0.2, 0.25) is 17.7 Å². The van der Waals surface area contributed by atoms with Crippen LogP contribution in [-0.2, 0) is 48.3 Å². The van der Waals surface area contributed by atoms with Gasteiger partial charge in [0.15, 0.2) is 0 Å². The van der Waals surface area contributed by atoms with Crippen LogP contribution >= 0.6 is 0 Å². The Labute approximate surface area is 310 Å². The molecular formula is C38H43N7O9. The van der Waals surface area contributed by atoms with E-state index in [0.717, 1.165) is 22.0 Å². The summed E-state index contributed by atoms with van der Waals surface area (Å²) in [4.78, 5) is 80.2. The molecule has 0 radical (unpaired) electrons. The fourth-order valence-corrected chi connectivity index (χ4v) is 6.13. The lowest BCUT2D eigenvalue weighted by molar-refractivity contribution is -0.384. The minimum Gasteiger partial charge on any atom is -0.460 e. The highest BCUT2D eigenvalue weighted by Crippen LogP contribution is 2.23. The molecule has 16 heteroatoms. The molecule has 0 unspecified atom stereocenters. The van der Waals surface area contributed by atoms with E-state index in [1.807, 2.05) is 54.6 Å². The number of nitro groups is 1. The Morgan fingerprint density at radius 3 is 2.39 bits per heavy atom. The summed E-state index contributed by atoms with van der Waals surface area (Å²) in [5, 5.41) is 19.7. The average molecular weight is 742 g/mol. The molecule has 3 atom stereocenters. The SMILES string of the molecule is N[C@H](CCCNC(=O)OCc1ccccc1)C(=O)N[C@@H](Cc1c[nH]c2ccccc12)C(=O)N1CCC[C@@H]1C(=O)NCC(=O)OCc1ccc([N+](=O)[O-])cc1. The van der Waals surface area contributed by atoms with Gasteiger partial charge in [-0.1, -0.05) is 48.5 Å². The number of para-hydroxylation sites is 1. The molecule has 0 aliphatic carbocycles. The van der Waals surface area contributed by atoms with Crippen molar-refractivity contribution in [3.05, 3.63) is 112 Å². The van der Waals surface area contributed by atoms with Crippen molar-refractivity contribution in [3.63, 3.8) is 0 Å². The number of hydrogen-bond acceptors (Lipinski definition) is 10. The third-order valence-electron chi connectivity index (χ3n) is 9.02. The molecule has 0 bridgehead atoms. The minimum absolute atomic E-state index is 0.0949. The summed E-state index contributed by atoms with van der Waals surface area (Å²) < 4.78 is 10.4. The van der Waals surface area contributed by atoms with Gasteiger partial charge in [-0.05, 0) is 60.6 Å². The number of nitrogens with zero attached hydrogens (tertiary/aromatic N) is 2. The summed E-state index contributed by atoms with van der Waals surface area (Å²) in [5.41, 5.74) is 9.17. The number of aromatic nitrogens is 1. The quantitative estimate of drug-likeness (QED) is 0.0460. The smallest absolute Gasteiger partial charge is 0.407 e. The number of H-pyrrole nitrogens is 1. The van der Waals surface area contributed by atoms with Crippen molar-refractivity contribution in [3.8, 4) is 0 Å². The van der Waals surface area contributed by atoms with E-state index in [1.165, 1.54) is 29.2 Å². The first-order valence-electron chi connectivity index (χ1n) is 17.6. The van der Waals surface area contributed by atoms with Crippen molar-refractivity contribution >= 4 is 46.4 Å². The van der Waals surface area contributed by atoms with Gasteiger partial charge in [0.05, 0.1) is 11.0 Å². The number of ether oxygens (including phenoxy) is 2. The lowest BCUT2D eigenvalue weighted by Gasteiger charge is -2.29. The van der Waals surface area contributed by atoms with Crippen LogP contribution in [0, 0.1) is 10.1 Å². The summed E-state index contributed by atoms with van der Waals surface area (Å²) in [6.07, 6.45) is 2.77. The Morgan fingerprint density at radius 1 is 0.926 bits per heavy atom. The van der Waals surface area contributed by atoms with Gasteiger partial charge in [0.1, 0.15) is 31.8 Å². The normalized spacial score (nSPS) is 14.8. The standard InChI is InChI=1S/C38H43N7O9/c39-30(11-6-18-40-38(50)54-24-25-8-2-1-3-9-25)35(47)43-32(20-27-21-41-31-12-5-4-10-29(27)31)37(49)44-19-7-13-33(44)36(48)42-22-34(46)53-23-26-14-16-28(17-15-26)45(51)52/h1-5,8-10,12,14-17,21,30,32-33,41H,6-7,11,13,18-20,22-24,39H2,(H,40,50)(H,42,48)(H,43,47)/t30-,32+,33-/m1/s1. The zero-order valence-electron chi connectivity index (χ0n) is 29.5. The number of benzene rings is 3. The number of likely N-dealkylation sites (tertiary alicyclic amines) is 1. The second-order valence-electron chi connectivity index (χ2n) is 12.9. The maximum absolute atomic E-state index is 14.1. The number of nitrogens with two attached hydrogens (primary N) is 1. The third kappa shape index (κ3) is 10.9. The molecule has 5 rings (SSSR count). The second-order valence-corrected chi connectivity index (χ2v) is 12.9. The molecule has 1 aliphatic rings. The Bertz CT molecular complexity index is 1930. The fourth-order valence-electron chi connectivity index (χ4n) is 6.13. The van der Waals surface area contributed by atoms with Gasteiger partial charge < -0.3 is 41.0 Å². The number of hydrogen-bond donors (Lipinski definition) is 5. The van der Waals surface area contributed by atoms with Crippen LogP contribution < -0.4 is 21.7 Å². The predicted octanol–water partition coefficient (Wildman–Crippen LogP) is 2.99. The van der Waals surface area contributed by atoms with Crippen molar-refractivity contribution in [2.75, 3.05) is 19.6 Å². The van der Waals surface area contributed by atoms with E-state index in [1.54, 1.807) is 6.20 Å². The van der Waals surface area contributed by atoms with Crippen molar-refractivity contribution < 1.29 is 38.4 Å². The highest BCUT2D eigenvalue weighted by atomic mass is 16.6. The number of carbonyl (C=O) groups is 5. The maximum atomic E-state index is 14.1.